The molecule has 0 aromatic heterocycles. The molecule has 2 rings (SSSR count). The van der Waals surface area contributed by atoms with Gasteiger partial charge in [-0.1, -0.05) is 0 Å². The maximum absolute atomic E-state index is 11.1. The molecule has 0 bridgehead atoms. The van der Waals surface area contributed by atoms with Gasteiger partial charge in [0.15, 0.2) is 0 Å². The van der Waals surface area contributed by atoms with Gasteiger partial charge < -0.3 is 9.64 Å². The first-order chi connectivity index (χ1) is 8.13. The number of nitro benzene ring substituents is 1. The molecular formula is C11H13BrN2O3. The van der Waals surface area contributed by atoms with Gasteiger partial charge in [0.25, 0.3) is 5.69 Å². The lowest BCUT2D eigenvalue weighted by molar-refractivity contribution is -0.384. The largest absolute Gasteiger partial charge is 0.496 e. The number of nitro groups is 1. The Kier molecular flexibility index (Phi) is 3.51. The maximum atomic E-state index is 11.1. The molecule has 1 saturated heterocycles. The fourth-order valence-electron chi connectivity index (χ4n) is 2.07. The van der Waals surface area contributed by atoms with Gasteiger partial charge in [0.2, 0.25) is 0 Å². The Labute approximate surface area is 108 Å². The molecule has 0 N–H and O–H groups in total. The van der Waals surface area contributed by atoms with Gasteiger partial charge in [-0.25, -0.2) is 0 Å². The SMILES string of the molecule is COc1cc(Br)c(N2CCCC2)c([N+](=O)[O-])c1. The Morgan fingerprint density at radius 2 is 2.06 bits per heavy atom. The highest BCUT2D eigenvalue weighted by molar-refractivity contribution is 9.10. The molecule has 0 atom stereocenters. The second kappa shape index (κ2) is 4.91. The molecule has 0 amide bonds. The summed E-state index contributed by atoms with van der Waals surface area (Å²) in [7, 11) is 1.50. The molecular weight excluding hydrogens is 288 g/mol. The summed E-state index contributed by atoms with van der Waals surface area (Å²) in [6.45, 7) is 1.73. The zero-order chi connectivity index (χ0) is 12.4. The third-order valence-electron chi connectivity index (χ3n) is 2.87. The van der Waals surface area contributed by atoms with Crippen LogP contribution in [0, 0.1) is 10.1 Å². The molecule has 92 valence electrons. The molecule has 1 aliphatic heterocycles. The van der Waals surface area contributed by atoms with Crippen molar-refractivity contribution in [1.82, 2.24) is 0 Å². The second-order valence-electron chi connectivity index (χ2n) is 3.93. The van der Waals surface area contributed by atoms with Crippen molar-refractivity contribution in [2.75, 3.05) is 25.1 Å². The molecule has 5 nitrogen and oxygen atoms in total. The van der Waals surface area contributed by atoms with E-state index in [2.05, 4.69) is 15.9 Å². The second-order valence-corrected chi connectivity index (χ2v) is 4.78. The first-order valence-corrected chi connectivity index (χ1v) is 6.19. The van der Waals surface area contributed by atoms with Crippen molar-refractivity contribution in [1.29, 1.82) is 0 Å². The Morgan fingerprint density at radius 1 is 1.41 bits per heavy atom. The van der Waals surface area contributed by atoms with Crippen molar-refractivity contribution >= 4 is 27.3 Å². The summed E-state index contributed by atoms with van der Waals surface area (Å²) < 4.78 is 5.76. The molecule has 6 heteroatoms. The number of methoxy groups -OCH3 is 1. The fraction of sp³-hybridized carbons (Fsp3) is 0.455. The van der Waals surface area contributed by atoms with Crippen LogP contribution in [-0.4, -0.2) is 25.1 Å². The number of nitrogens with zero attached hydrogens (tertiary/aromatic N) is 2. The van der Waals surface area contributed by atoms with Crippen molar-refractivity contribution in [3.05, 3.63) is 26.7 Å². The minimum atomic E-state index is -0.360. The van der Waals surface area contributed by atoms with Crippen LogP contribution in [0.5, 0.6) is 5.75 Å². The third kappa shape index (κ3) is 2.36. The van der Waals surface area contributed by atoms with Gasteiger partial charge >= 0.3 is 0 Å². The van der Waals surface area contributed by atoms with Crippen molar-refractivity contribution in [3.8, 4) is 5.75 Å². The van der Waals surface area contributed by atoms with Gasteiger partial charge in [0, 0.05) is 13.1 Å². The van der Waals surface area contributed by atoms with E-state index < -0.39 is 0 Å². The highest BCUT2D eigenvalue weighted by Gasteiger charge is 2.26. The number of halogens is 1. The van der Waals surface area contributed by atoms with Gasteiger partial charge in [0.05, 0.1) is 22.6 Å². The van der Waals surface area contributed by atoms with Gasteiger partial charge in [-0.3, -0.25) is 10.1 Å². The predicted octanol–water partition coefficient (Wildman–Crippen LogP) is 2.97. The van der Waals surface area contributed by atoms with Crippen LogP contribution in [0.25, 0.3) is 0 Å². The normalized spacial score (nSPS) is 15.1. The van der Waals surface area contributed by atoms with E-state index in [0.717, 1.165) is 25.9 Å². The molecule has 0 saturated carbocycles. The number of benzene rings is 1. The minimum Gasteiger partial charge on any atom is -0.496 e. The molecule has 1 fully saturated rings. The Hall–Kier alpha value is -1.30. The first-order valence-electron chi connectivity index (χ1n) is 5.40. The smallest absolute Gasteiger partial charge is 0.297 e. The van der Waals surface area contributed by atoms with Crippen molar-refractivity contribution in [3.63, 3.8) is 0 Å². The first kappa shape index (κ1) is 12.2. The quantitative estimate of drug-likeness (QED) is 0.636. The van der Waals surface area contributed by atoms with E-state index in [9.17, 15) is 10.1 Å². The van der Waals surface area contributed by atoms with Crippen molar-refractivity contribution in [2.24, 2.45) is 0 Å². The fourth-order valence-corrected chi connectivity index (χ4v) is 2.75. The number of hydrogen-bond acceptors (Lipinski definition) is 4. The molecule has 1 aromatic carbocycles. The summed E-state index contributed by atoms with van der Waals surface area (Å²) in [4.78, 5) is 12.8. The number of rotatable bonds is 3. The lowest BCUT2D eigenvalue weighted by Gasteiger charge is -2.19. The van der Waals surface area contributed by atoms with Crippen LogP contribution in [0.4, 0.5) is 11.4 Å². The molecule has 1 aliphatic rings. The van der Waals surface area contributed by atoms with E-state index in [4.69, 9.17) is 4.74 Å². The highest BCUT2D eigenvalue weighted by Crippen LogP contribution is 2.40. The zero-order valence-electron chi connectivity index (χ0n) is 9.48. The lowest BCUT2D eigenvalue weighted by atomic mass is 10.2. The average molecular weight is 301 g/mol. The zero-order valence-corrected chi connectivity index (χ0v) is 11.1. The van der Waals surface area contributed by atoms with Crippen molar-refractivity contribution in [2.45, 2.75) is 12.8 Å². The van der Waals surface area contributed by atoms with E-state index >= 15 is 0 Å². The van der Waals surface area contributed by atoms with Gasteiger partial charge in [0.1, 0.15) is 11.4 Å². The minimum absolute atomic E-state index is 0.0955. The molecule has 1 heterocycles. The number of anilines is 1. The summed E-state index contributed by atoms with van der Waals surface area (Å²) in [5.41, 5.74) is 0.756. The lowest BCUT2D eigenvalue weighted by Crippen LogP contribution is -2.19. The molecule has 0 radical (unpaired) electrons. The van der Waals surface area contributed by atoms with Crippen LogP contribution in [0.1, 0.15) is 12.8 Å². The topological polar surface area (TPSA) is 55.6 Å². The van der Waals surface area contributed by atoms with Gasteiger partial charge in [-0.2, -0.15) is 0 Å². The van der Waals surface area contributed by atoms with Gasteiger partial charge in [-0.15, -0.1) is 0 Å². The summed E-state index contributed by atoms with van der Waals surface area (Å²) in [5, 5.41) is 11.1. The Balaban J connectivity index is 2.51. The van der Waals surface area contributed by atoms with Crippen LogP contribution >= 0.6 is 15.9 Å². The van der Waals surface area contributed by atoms with Crippen LogP contribution in [-0.2, 0) is 0 Å². The molecule has 0 aliphatic carbocycles. The molecule has 0 spiro atoms. The highest BCUT2D eigenvalue weighted by atomic mass is 79.9. The molecule has 0 unspecified atom stereocenters. The maximum Gasteiger partial charge on any atom is 0.297 e. The monoisotopic (exact) mass is 300 g/mol. The van der Waals surface area contributed by atoms with Crippen molar-refractivity contribution < 1.29 is 9.66 Å². The third-order valence-corrected chi connectivity index (χ3v) is 3.48. The molecule has 17 heavy (non-hydrogen) atoms. The van der Waals surface area contributed by atoms with E-state index in [1.165, 1.54) is 13.2 Å². The Morgan fingerprint density at radius 3 is 2.59 bits per heavy atom. The van der Waals surface area contributed by atoms with Crippen LogP contribution in [0.2, 0.25) is 0 Å². The standard InChI is InChI=1S/C11H13BrN2O3/c1-17-8-6-9(12)11(10(7-8)14(15)16)13-4-2-3-5-13/h6-7H,2-5H2,1H3. The van der Waals surface area contributed by atoms with E-state index in [-0.39, 0.29) is 10.6 Å². The van der Waals surface area contributed by atoms with Crippen LogP contribution in [0.3, 0.4) is 0 Å². The Bertz CT molecular complexity index is 445. The summed E-state index contributed by atoms with van der Waals surface area (Å²) >= 11 is 3.39. The van der Waals surface area contributed by atoms with Crippen LogP contribution in [0.15, 0.2) is 16.6 Å². The number of ether oxygens (including phenoxy) is 1. The number of hydrogen-bond donors (Lipinski definition) is 0. The molecule has 1 aromatic rings. The van der Waals surface area contributed by atoms with Crippen LogP contribution < -0.4 is 9.64 Å². The van der Waals surface area contributed by atoms with E-state index in [1.54, 1.807) is 6.07 Å². The predicted molar refractivity (Wildman–Crippen MR) is 68.8 cm³/mol. The summed E-state index contributed by atoms with van der Waals surface area (Å²) in [6, 6.07) is 3.24. The summed E-state index contributed by atoms with van der Waals surface area (Å²) in [5.74, 6) is 0.492. The van der Waals surface area contributed by atoms with E-state index in [0.29, 0.717) is 15.9 Å². The average Bonchev–Trinajstić information content (AvgIpc) is 2.80. The summed E-state index contributed by atoms with van der Waals surface area (Å²) in [6.07, 6.45) is 2.16. The van der Waals surface area contributed by atoms with Gasteiger partial charge in [-0.05, 0) is 34.8 Å². The van der Waals surface area contributed by atoms with E-state index in [1.807, 2.05) is 4.90 Å².